The van der Waals surface area contributed by atoms with E-state index >= 15 is 0 Å². The molecular formula is C22H22N8O. The average Bonchev–Trinajstić information content (AvgIpc) is 3.15. The summed E-state index contributed by atoms with van der Waals surface area (Å²) in [6.45, 7) is 2.18. The summed E-state index contributed by atoms with van der Waals surface area (Å²) in [5.41, 5.74) is 10.1. The summed E-state index contributed by atoms with van der Waals surface area (Å²) in [5, 5.41) is 9.45. The zero-order valence-electron chi connectivity index (χ0n) is 16.8. The number of primary amides is 1. The third kappa shape index (κ3) is 3.78. The first-order chi connectivity index (χ1) is 15.2. The molecule has 0 aliphatic carbocycles. The highest BCUT2D eigenvalue weighted by molar-refractivity contribution is 5.90. The molecule has 2 aromatic carbocycles. The summed E-state index contributed by atoms with van der Waals surface area (Å²) in [7, 11) is 0. The van der Waals surface area contributed by atoms with Gasteiger partial charge in [0.2, 0.25) is 11.9 Å². The second kappa shape index (κ2) is 8.04. The maximum atomic E-state index is 11.6. The molecule has 0 spiro atoms. The number of nitrogens with one attached hydrogen (secondary N) is 3. The third-order valence-electron chi connectivity index (χ3n) is 5.22. The maximum absolute atomic E-state index is 11.6. The standard InChI is InChI=1S/C22H22N8O/c23-20(31)29-22-27-17-8-4-5-9-18(17)30(22)21-26-16-10-11-24-13-15(16)19(28-21)25-12-14-6-2-1-3-7-14/h1-9,24H,10-13H2,(H,25,26,28)(H3,23,27,29,31). The van der Waals surface area contributed by atoms with E-state index in [0.717, 1.165) is 41.1 Å². The highest BCUT2D eigenvalue weighted by Gasteiger charge is 2.21. The molecule has 3 heterocycles. The number of fused-ring (bicyclic) bond motifs is 2. The van der Waals surface area contributed by atoms with Gasteiger partial charge in [-0.1, -0.05) is 42.5 Å². The fourth-order valence-corrected chi connectivity index (χ4v) is 3.78. The van der Waals surface area contributed by atoms with Crippen LogP contribution in [0.3, 0.4) is 0 Å². The normalized spacial score (nSPS) is 13.0. The van der Waals surface area contributed by atoms with Gasteiger partial charge in [-0.3, -0.25) is 5.32 Å². The molecule has 1 aliphatic heterocycles. The van der Waals surface area contributed by atoms with Crippen LogP contribution >= 0.6 is 0 Å². The molecule has 2 aromatic heterocycles. The Bertz CT molecular complexity index is 1250. The average molecular weight is 414 g/mol. The molecule has 0 fully saturated rings. The molecule has 1 aliphatic rings. The molecule has 31 heavy (non-hydrogen) atoms. The molecule has 9 nitrogen and oxygen atoms in total. The van der Waals surface area contributed by atoms with Crippen molar-refractivity contribution in [2.75, 3.05) is 17.2 Å². The van der Waals surface area contributed by atoms with Gasteiger partial charge in [0.25, 0.3) is 0 Å². The maximum Gasteiger partial charge on any atom is 0.318 e. The van der Waals surface area contributed by atoms with E-state index < -0.39 is 6.03 Å². The van der Waals surface area contributed by atoms with E-state index in [2.05, 4.69) is 33.1 Å². The van der Waals surface area contributed by atoms with Crippen molar-refractivity contribution in [1.29, 1.82) is 0 Å². The number of carbonyl (C=O) groups is 1. The number of aromatic nitrogens is 4. The lowest BCUT2D eigenvalue weighted by atomic mass is 10.1. The largest absolute Gasteiger partial charge is 0.366 e. The van der Waals surface area contributed by atoms with Gasteiger partial charge in [0, 0.05) is 31.6 Å². The Morgan fingerprint density at radius 1 is 1.06 bits per heavy atom. The van der Waals surface area contributed by atoms with Gasteiger partial charge in [-0.15, -0.1) is 0 Å². The third-order valence-corrected chi connectivity index (χ3v) is 5.22. The molecule has 0 saturated heterocycles. The fraction of sp³-hybridized carbons (Fsp3) is 0.182. The number of anilines is 2. The molecule has 0 saturated carbocycles. The number of nitrogens with two attached hydrogens (primary N) is 1. The van der Waals surface area contributed by atoms with Gasteiger partial charge in [0.05, 0.1) is 16.7 Å². The lowest BCUT2D eigenvalue weighted by molar-refractivity contribution is 0.259. The van der Waals surface area contributed by atoms with Crippen molar-refractivity contribution in [2.24, 2.45) is 5.73 Å². The fourth-order valence-electron chi connectivity index (χ4n) is 3.78. The lowest BCUT2D eigenvalue weighted by Crippen LogP contribution is -2.27. The summed E-state index contributed by atoms with van der Waals surface area (Å²) in [6, 6.07) is 17.0. The molecule has 0 atom stereocenters. The second-order valence-electron chi connectivity index (χ2n) is 7.31. The minimum atomic E-state index is -0.693. The van der Waals surface area contributed by atoms with E-state index in [9.17, 15) is 4.79 Å². The van der Waals surface area contributed by atoms with E-state index in [1.165, 1.54) is 0 Å². The van der Waals surface area contributed by atoms with Crippen molar-refractivity contribution >= 4 is 28.8 Å². The van der Waals surface area contributed by atoms with Gasteiger partial charge in [-0.05, 0) is 17.7 Å². The van der Waals surface area contributed by atoms with Gasteiger partial charge in [0.1, 0.15) is 5.82 Å². The summed E-state index contributed by atoms with van der Waals surface area (Å²) in [6.07, 6.45) is 0.788. The molecule has 5 rings (SSSR count). The number of nitrogens with zero attached hydrogens (tertiary/aromatic N) is 4. The van der Waals surface area contributed by atoms with Gasteiger partial charge in [-0.25, -0.2) is 19.3 Å². The Labute approximate surface area is 178 Å². The number of hydrogen-bond acceptors (Lipinski definition) is 6. The molecule has 0 unspecified atom stereocenters. The van der Waals surface area contributed by atoms with Gasteiger partial charge < -0.3 is 16.4 Å². The van der Waals surface area contributed by atoms with E-state index in [0.29, 0.717) is 24.6 Å². The number of amides is 2. The minimum absolute atomic E-state index is 0.289. The van der Waals surface area contributed by atoms with E-state index in [4.69, 9.17) is 15.7 Å². The zero-order valence-corrected chi connectivity index (χ0v) is 16.8. The summed E-state index contributed by atoms with van der Waals surface area (Å²) >= 11 is 0. The van der Waals surface area contributed by atoms with Crippen LogP contribution in [0.1, 0.15) is 16.8 Å². The molecule has 5 N–H and O–H groups in total. The minimum Gasteiger partial charge on any atom is -0.366 e. The van der Waals surface area contributed by atoms with Crippen LogP contribution in [0, 0.1) is 0 Å². The topological polar surface area (TPSA) is 123 Å². The van der Waals surface area contributed by atoms with Crippen LogP contribution in [0.5, 0.6) is 0 Å². The molecule has 0 radical (unpaired) electrons. The Kier molecular flexibility index (Phi) is 4.93. The van der Waals surface area contributed by atoms with Crippen molar-refractivity contribution < 1.29 is 4.79 Å². The van der Waals surface area contributed by atoms with Crippen LogP contribution in [-0.4, -0.2) is 32.1 Å². The first-order valence-electron chi connectivity index (χ1n) is 10.1. The summed E-state index contributed by atoms with van der Waals surface area (Å²) in [4.78, 5) is 25.7. The molecular weight excluding hydrogens is 392 g/mol. The Hall–Kier alpha value is -3.98. The SMILES string of the molecule is NC(=O)Nc1nc2ccccc2n1-c1nc2c(c(NCc3ccccc3)n1)CNCC2. The smallest absolute Gasteiger partial charge is 0.318 e. The lowest BCUT2D eigenvalue weighted by Gasteiger charge is -2.21. The van der Waals surface area contributed by atoms with Crippen LogP contribution in [-0.2, 0) is 19.5 Å². The highest BCUT2D eigenvalue weighted by atomic mass is 16.2. The molecule has 0 bridgehead atoms. The van der Waals surface area contributed by atoms with Crippen molar-refractivity contribution in [3.8, 4) is 5.95 Å². The Balaban J connectivity index is 1.62. The number of benzene rings is 2. The van der Waals surface area contributed by atoms with Crippen molar-refractivity contribution in [2.45, 2.75) is 19.5 Å². The predicted molar refractivity (Wildman–Crippen MR) is 119 cm³/mol. The quantitative estimate of drug-likeness (QED) is 0.398. The Morgan fingerprint density at radius 2 is 1.87 bits per heavy atom. The molecule has 2 amide bonds. The zero-order chi connectivity index (χ0) is 21.2. The Morgan fingerprint density at radius 3 is 2.71 bits per heavy atom. The number of imidazole rings is 1. The van der Waals surface area contributed by atoms with E-state index in [1.807, 2.05) is 42.5 Å². The first-order valence-corrected chi connectivity index (χ1v) is 10.1. The monoisotopic (exact) mass is 414 g/mol. The molecule has 156 valence electrons. The highest BCUT2D eigenvalue weighted by Crippen LogP contribution is 2.27. The van der Waals surface area contributed by atoms with E-state index in [-0.39, 0.29) is 5.95 Å². The summed E-state index contributed by atoms with van der Waals surface area (Å²) < 4.78 is 1.73. The first kappa shape index (κ1) is 19.0. The van der Waals surface area contributed by atoms with Crippen molar-refractivity contribution in [3.05, 3.63) is 71.4 Å². The van der Waals surface area contributed by atoms with Crippen LogP contribution in [0.25, 0.3) is 17.0 Å². The molecule has 9 heteroatoms. The number of urea groups is 1. The number of hydrogen-bond donors (Lipinski definition) is 4. The van der Waals surface area contributed by atoms with Gasteiger partial charge in [0.15, 0.2) is 0 Å². The van der Waals surface area contributed by atoms with Crippen LogP contribution < -0.4 is 21.7 Å². The van der Waals surface area contributed by atoms with Gasteiger partial charge in [-0.2, -0.15) is 4.98 Å². The van der Waals surface area contributed by atoms with Crippen LogP contribution in [0.4, 0.5) is 16.6 Å². The van der Waals surface area contributed by atoms with Crippen molar-refractivity contribution in [3.63, 3.8) is 0 Å². The summed E-state index contributed by atoms with van der Waals surface area (Å²) in [5.74, 6) is 1.49. The number of carbonyl (C=O) groups excluding carboxylic acids is 1. The van der Waals surface area contributed by atoms with Gasteiger partial charge >= 0.3 is 6.03 Å². The number of rotatable bonds is 5. The number of para-hydroxylation sites is 2. The molecule has 4 aromatic rings. The predicted octanol–water partition coefficient (Wildman–Crippen LogP) is 2.56. The van der Waals surface area contributed by atoms with Crippen LogP contribution in [0.15, 0.2) is 54.6 Å². The second-order valence-corrected chi connectivity index (χ2v) is 7.31. The van der Waals surface area contributed by atoms with E-state index in [1.54, 1.807) is 4.57 Å². The van der Waals surface area contributed by atoms with Crippen molar-refractivity contribution in [1.82, 2.24) is 24.8 Å². The van der Waals surface area contributed by atoms with Crippen LogP contribution in [0.2, 0.25) is 0 Å².